The van der Waals surface area contributed by atoms with Gasteiger partial charge in [-0.1, -0.05) is 83.3 Å². The van der Waals surface area contributed by atoms with Crippen molar-refractivity contribution in [3.05, 3.63) is 135 Å². The number of carbonyl (C=O) groups is 1. The van der Waals surface area contributed by atoms with Gasteiger partial charge in [0.2, 0.25) is 0 Å². The summed E-state index contributed by atoms with van der Waals surface area (Å²) in [5.74, 6) is 0.276. The predicted octanol–water partition coefficient (Wildman–Crippen LogP) is 8.40. The molecular weight excluding hydrogens is 515 g/mol. The molecule has 0 saturated heterocycles. The highest BCUT2D eigenvalue weighted by molar-refractivity contribution is 6.34. The number of para-hydroxylation sites is 2. The lowest BCUT2D eigenvalue weighted by Gasteiger charge is -2.13. The van der Waals surface area contributed by atoms with Crippen LogP contribution in [0, 0.1) is 0 Å². The molecule has 0 amide bonds. The van der Waals surface area contributed by atoms with E-state index < -0.39 is 5.97 Å². The van der Waals surface area contributed by atoms with Gasteiger partial charge < -0.3 is 9.30 Å². The molecule has 0 N–H and O–H groups in total. The maximum atomic E-state index is 13.1. The summed E-state index contributed by atoms with van der Waals surface area (Å²) in [6, 6.07) is 29.4. The summed E-state index contributed by atoms with van der Waals surface area (Å²) in [6.45, 7) is 0.539. The molecule has 0 aliphatic carbocycles. The van der Waals surface area contributed by atoms with E-state index >= 15 is 0 Å². The van der Waals surface area contributed by atoms with Crippen LogP contribution < -0.4 is 0 Å². The van der Waals surface area contributed by atoms with Crippen LogP contribution in [0.5, 0.6) is 0 Å². The first-order chi connectivity index (χ1) is 17.5. The molecule has 0 aliphatic heterocycles. The first-order valence-corrected chi connectivity index (χ1v) is 12.3. The van der Waals surface area contributed by atoms with Crippen molar-refractivity contribution in [3.63, 3.8) is 0 Å². The molecular formula is C29H19Cl3N2O2. The molecule has 36 heavy (non-hydrogen) atoms. The molecule has 7 heteroatoms. The van der Waals surface area contributed by atoms with Crippen molar-refractivity contribution in [1.29, 1.82) is 0 Å². The lowest BCUT2D eigenvalue weighted by molar-refractivity contribution is 0.0694. The number of ether oxygens (including phenoxy) is 1. The largest absolute Gasteiger partial charge is 0.422 e. The van der Waals surface area contributed by atoms with E-state index in [-0.39, 0.29) is 11.3 Å². The van der Waals surface area contributed by atoms with E-state index in [0.29, 0.717) is 33.0 Å². The Morgan fingerprint density at radius 1 is 0.778 bits per heavy atom. The lowest BCUT2D eigenvalue weighted by Crippen LogP contribution is -2.07. The van der Waals surface area contributed by atoms with Crippen molar-refractivity contribution in [1.82, 2.24) is 9.55 Å². The molecule has 1 heterocycles. The van der Waals surface area contributed by atoms with E-state index in [4.69, 9.17) is 44.5 Å². The molecule has 0 aliphatic rings. The van der Waals surface area contributed by atoms with Gasteiger partial charge in [0.15, 0.2) is 0 Å². The highest BCUT2D eigenvalue weighted by Gasteiger charge is 2.19. The summed E-state index contributed by atoms with van der Waals surface area (Å²) in [5.41, 5.74) is 3.62. The molecule has 5 aromatic rings. The van der Waals surface area contributed by atoms with Gasteiger partial charge in [-0.3, -0.25) is 0 Å². The number of nitrogens with zero attached hydrogens (tertiary/aromatic N) is 2. The van der Waals surface area contributed by atoms with Crippen LogP contribution in [-0.4, -0.2) is 15.5 Å². The fourth-order valence-electron chi connectivity index (χ4n) is 3.86. The zero-order valence-electron chi connectivity index (χ0n) is 18.9. The van der Waals surface area contributed by atoms with Gasteiger partial charge >= 0.3 is 5.97 Å². The number of benzene rings is 4. The SMILES string of the molecule is O=C(O/C(=C\c1nc2ccccc2n1Cc1ccc(Cl)cc1)c1ccccc1Cl)c1ccccc1Cl. The lowest BCUT2D eigenvalue weighted by atomic mass is 10.1. The van der Waals surface area contributed by atoms with Crippen LogP contribution in [0.3, 0.4) is 0 Å². The number of hydrogen-bond acceptors (Lipinski definition) is 3. The smallest absolute Gasteiger partial charge is 0.345 e. The monoisotopic (exact) mass is 532 g/mol. The summed E-state index contributed by atoms with van der Waals surface area (Å²) in [6.07, 6.45) is 1.73. The third-order valence-electron chi connectivity index (χ3n) is 5.63. The number of carbonyl (C=O) groups excluding carboxylic acids is 1. The molecule has 1 aromatic heterocycles. The summed E-state index contributed by atoms with van der Waals surface area (Å²) in [7, 11) is 0. The molecule has 4 nitrogen and oxygen atoms in total. The van der Waals surface area contributed by atoms with Gasteiger partial charge in [0.25, 0.3) is 0 Å². The van der Waals surface area contributed by atoms with Crippen molar-refractivity contribution in [2.75, 3.05) is 0 Å². The molecule has 0 atom stereocenters. The fourth-order valence-corrected chi connectivity index (χ4v) is 4.43. The second kappa shape index (κ2) is 10.6. The minimum atomic E-state index is -0.591. The standard InChI is InChI=1S/C29H19Cl3N2O2/c30-20-15-13-19(14-16-20)18-34-26-12-6-5-11-25(26)33-28(34)17-27(21-7-1-3-9-23(21)31)36-29(35)22-8-2-4-10-24(22)32/h1-17H,18H2/b27-17-. The third-order valence-corrected chi connectivity index (χ3v) is 6.55. The second-order valence-corrected chi connectivity index (χ2v) is 9.28. The highest BCUT2D eigenvalue weighted by Crippen LogP contribution is 2.30. The minimum absolute atomic E-state index is 0.256. The van der Waals surface area contributed by atoms with Crippen molar-refractivity contribution in [2.45, 2.75) is 6.54 Å². The van der Waals surface area contributed by atoms with Crippen LogP contribution >= 0.6 is 34.8 Å². The zero-order chi connectivity index (χ0) is 25.1. The third kappa shape index (κ3) is 5.17. The summed E-state index contributed by atoms with van der Waals surface area (Å²) in [5, 5.41) is 1.41. The molecule has 0 bridgehead atoms. The van der Waals surface area contributed by atoms with Crippen molar-refractivity contribution >= 4 is 63.6 Å². The fraction of sp³-hybridized carbons (Fsp3) is 0.0345. The Balaban J connectivity index is 1.63. The van der Waals surface area contributed by atoms with Crippen LogP contribution in [0.15, 0.2) is 97.1 Å². The first-order valence-electron chi connectivity index (χ1n) is 11.1. The highest BCUT2D eigenvalue weighted by atomic mass is 35.5. The topological polar surface area (TPSA) is 44.1 Å². The van der Waals surface area contributed by atoms with E-state index in [1.54, 1.807) is 42.5 Å². The number of rotatable bonds is 6. The van der Waals surface area contributed by atoms with Crippen molar-refractivity contribution < 1.29 is 9.53 Å². The average Bonchev–Trinajstić information content (AvgIpc) is 3.22. The number of aromatic nitrogens is 2. The van der Waals surface area contributed by atoms with E-state index in [1.165, 1.54) is 0 Å². The average molecular weight is 534 g/mol. The van der Waals surface area contributed by atoms with Crippen molar-refractivity contribution in [2.24, 2.45) is 0 Å². The van der Waals surface area contributed by atoms with Gasteiger partial charge in [-0.2, -0.15) is 0 Å². The number of esters is 1. The zero-order valence-corrected chi connectivity index (χ0v) is 21.1. The molecule has 0 radical (unpaired) electrons. The van der Waals surface area contributed by atoms with Crippen LogP contribution in [0.2, 0.25) is 15.1 Å². The number of fused-ring (bicyclic) bond motifs is 1. The molecule has 4 aromatic carbocycles. The summed E-state index contributed by atoms with van der Waals surface area (Å²) >= 11 is 18.8. The normalized spacial score (nSPS) is 11.6. The van der Waals surface area contributed by atoms with Gasteiger partial charge in [-0.15, -0.1) is 0 Å². The Morgan fingerprint density at radius 3 is 2.08 bits per heavy atom. The van der Waals surface area contributed by atoms with Crippen molar-refractivity contribution in [3.8, 4) is 0 Å². The predicted molar refractivity (Wildman–Crippen MR) is 146 cm³/mol. The van der Waals surface area contributed by atoms with Crippen LogP contribution in [-0.2, 0) is 11.3 Å². The van der Waals surface area contributed by atoms with Gasteiger partial charge in [0.1, 0.15) is 11.6 Å². The molecule has 0 spiro atoms. The quantitative estimate of drug-likeness (QED) is 0.163. The van der Waals surface area contributed by atoms with Gasteiger partial charge in [0.05, 0.1) is 26.6 Å². The van der Waals surface area contributed by atoms with Crippen LogP contribution in [0.4, 0.5) is 0 Å². The van der Waals surface area contributed by atoms with Gasteiger partial charge in [-0.05, 0) is 54.1 Å². The number of halogens is 3. The maximum absolute atomic E-state index is 13.1. The second-order valence-electron chi connectivity index (χ2n) is 8.03. The molecule has 5 rings (SSSR count). The van der Waals surface area contributed by atoms with Gasteiger partial charge in [-0.25, -0.2) is 9.78 Å². The minimum Gasteiger partial charge on any atom is -0.422 e. The van der Waals surface area contributed by atoms with E-state index in [0.717, 1.165) is 16.6 Å². The number of hydrogen-bond donors (Lipinski definition) is 0. The van der Waals surface area contributed by atoms with Crippen LogP contribution in [0.1, 0.15) is 27.3 Å². The first kappa shape index (κ1) is 24.1. The van der Waals surface area contributed by atoms with Crippen LogP contribution in [0.25, 0.3) is 22.9 Å². The van der Waals surface area contributed by atoms with E-state index in [1.807, 2.05) is 60.7 Å². The number of imidazole rings is 1. The Labute approximate surface area is 223 Å². The maximum Gasteiger partial charge on any atom is 0.345 e. The molecule has 0 saturated carbocycles. The molecule has 0 fully saturated rings. The summed E-state index contributed by atoms with van der Waals surface area (Å²) < 4.78 is 7.94. The Kier molecular flexibility index (Phi) is 7.10. The van der Waals surface area contributed by atoms with E-state index in [2.05, 4.69) is 4.57 Å². The Hall–Kier alpha value is -3.57. The Morgan fingerprint density at radius 2 is 1.39 bits per heavy atom. The molecule has 178 valence electrons. The van der Waals surface area contributed by atoms with Gasteiger partial charge in [0, 0.05) is 23.2 Å². The summed E-state index contributed by atoms with van der Waals surface area (Å²) in [4.78, 5) is 17.9. The van der Waals surface area contributed by atoms with E-state index in [9.17, 15) is 4.79 Å². The molecule has 0 unspecified atom stereocenters. The Bertz CT molecular complexity index is 1590.